The van der Waals surface area contributed by atoms with Crippen molar-refractivity contribution in [2.75, 3.05) is 13.6 Å². The lowest BCUT2D eigenvalue weighted by molar-refractivity contribution is 0.100. The zero-order valence-corrected chi connectivity index (χ0v) is 19.2. The van der Waals surface area contributed by atoms with E-state index in [4.69, 9.17) is 5.73 Å². The van der Waals surface area contributed by atoms with Crippen LogP contribution >= 0.6 is 24.0 Å². The number of primary amides is 1. The van der Waals surface area contributed by atoms with Gasteiger partial charge in [0.05, 0.1) is 0 Å². The molecule has 5 nitrogen and oxygen atoms in total. The van der Waals surface area contributed by atoms with E-state index >= 15 is 0 Å². The van der Waals surface area contributed by atoms with Gasteiger partial charge in [-0.3, -0.25) is 9.79 Å². The minimum absolute atomic E-state index is 0. The summed E-state index contributed by atoms with van der Waals surface area (Å²) in [6.07, 6.45) is 2.08. The lowest BCUT2D eigenvalue weighted by Gasteiger charge is -2.12. The third kappa shape index (κ3) is 7.88. The second-order valence-electron chi connectivity index (χ2n) is 6.91. The molecule has 0 fully saturated rings. The molecule has 2 aromatic carbocycles. The van der Waals surface area contributed by atoms with E-state index in [2.05, 4.69) is 53.7 Å². The Balaban J connectivity index is 0.00000392. The van der Waals surface area contributed by atoms with Gasteiger partial charge in [-0.25, -0.2) is 0 Å². The molecular formula is C22H31IN4O. The summed E-state index contributed by atoms with van der Waals surface area (Å²) in [6.45, 7) is 5.91. The predicted octanol–water partition coefficient (Wildman–Crippen LogP) is 3.82. The number of amides is 1. The smallest absolute Gasteiger partial charge is 0.248 e. The highest BCUT2D eigenvalue weighted by molar-refractivity contribution is 14.0. The highest BCUT2D eigenvalue weighted by atomic mass is 127. The van der Waals surface area contributed by atoms with E-state index in [1.54, 1.807) is 19.2 Å². The van der Waals surface area contributed by atoms with Gasteiger partial charge in [-0.2, -0.15) is 0 Å². The number of aryl methyl sites for hydroxylation is 1. The Morgan fingerprint density at radius 3 is 2.14 bits per heavy atom. The molecule has 28 heavy (non-hydrogen) atoms. The van der Waals surface area contributed by atoms with Crippen LogP contribution in [0.3, 0.4) is 0 Å². The summed E-state index contributed by atoms with van der Waals surface area (Å²) >= 11 is 0. The first-order valence-electron chi connectivity index (χ1n) is 9.41. The number of hydrogen-bond acceptors (Lipinski definition) is 2. The summed E-state index contributed by atoms with van der Waals surface area (Å²) in [5.74, 6) is 0.928. The van der Waals surface area contributed by atoms with Gasteiger partial charge in [0.15, 0.2) is 5.96 Å². The highest BCUT2D eigenvalue weighted by Gasteiger charge is 2.02. The van der Waals surface area contributed by atoms with Crippen LogP contribution in [0, 0.1) is 0 Å². The van der Waals surface area contributed by atoms with Crippen LogP contribution in [0.25, 0.3) is 0 Å². The van der Waals surface area contributed by atoms with Crippen molar-refractivity contribution in [2.24, 2.45) is 10.7 Å². The maximum Gasteiger partial charge on any atom is 0.248 e. The molecule has 4 N–H and O–H groups in total. The number of carbonyl (C=O) groups is 1. The van der Waals surface area contributed by atoms with Crippen LogP contribution in [0.1, 0.15) is 53.2 Å². The first-order chi connectivity index (χ1) is 13.0. The number of aliphatic imine (C=N–C) groups is 1. The van der Waals surface area contributed by atoms with Crippen molar-refractivity contribution in [2.45, 2.75) is 39.2 Å². The van der Waals surface area contributed by atoms with Crippen molar-refractivity contribution in [1.29, 1.82) is 0 Å². The molecule has 6 heteroatoms. The molecule has 152 valence electrons. The van der Waals surface area contributed by atoms with Gasteiger partial charge in [0, 0.05) is 25.7 Å². The van der Waals surface area contributed by atoms with Crippen molar-refractivity contribution in [3.8, 4) is 0 Å². The largest absolute Gasteiger partial charge is 0.366 e. The first kappa shape index (κ1) is 23.9. The van der Waals surface area contributed by atoms with Gasteiger partial charge in [0.25, 0.3) is 0 Å². The highest BCUT2D eigenvalue weighted by Crippen LogP contribution is 2.15. The number of rotatable bonds is 8. The predicted molar refractivity (Wildman–Crippen MR) is 127 cm³/mol. The number of guanidine groups is 1. The molecule has 0 atom stereocenters. The molecule has 0 heterocycles. The van der Waals surface area contributed by atoms with Gasteiger partial charge in [-0.1, -0.05) is 50.2 Å². The summed E-state index contributed by atoms with van der Waals surface area (Å²) < 4.78 is 0. The molecule has 2 rings (SSSR count). The van der Waals surface area contributed by atoms with E-state index < -0.39 is 5.91 Å². The van der Waals surface area contributed by atoms with Crippen LogP contribution in [0.4, 0.5) is 0 Å². The fraction of sp³-hybridized carbons (Fsp3) is 0.364. The minimum atomic E-state index is -0.411. The molecule has 0 unspecified atom stereocenters. The molecule has 0 saturated heterocycles. The molecule has 2 aromatic rings. The molecule has 1 amide bonds. The van der Waals surface area contributed by atoms with Crippen LogP contribution in [0.2, 0.25) is 0 Å². The average Bonchev–Trinajstić information content (AvgIpc) is 2.68. The van der Waals surface area contributed by atoms with E-state index in [0.717, 1.165) is 30.9 Å². The lowest BCUT2D eigenvalue weighted by Crippen LogP contribution is -2.37. The number of nitrogens with one attached hydrogen (secondary N) is 2. The van der Waals surface area contributed by atoms with Gasteiger partial charge in [0.2, 0.25) is 5.91 Å². The van der Waals surface area contributed by atoms with Crippen LogP contribution in [0.5, 0.6) is 0 Å². The quantitative estimate of drug-likeness (QED) is 0.226. The van der Waals surface area contributed by atoms with Crippen LogP contribution in [0.15, 0.2) is 53.5 Å². The molecule has 0 aliphatic heterocycles. The summed E-state index contributed by atoms with van der Waals surface area (Å²) in [4.78, 5) is 15.3. The number of benzene rings is 2. The normalized spacial score (nSPS) is 11.1. The van der Waals surface area contributed by atoms with Crippen LogP contribution in [-0.4, -0.2) is 25.5 Å². The Hall–Kier alpha value is -2.09. The van der Waals surface area contributed by atoms with Crippen molar-refractivity contribution in [3.63, 3.8) is 0 Å². The molecular weight excluding hydrogens is 463 g/mol. The Kier molecular flexibility index (Phi) is 10.6. The average molecular weight is 494 g/mol. The molecule has 0 aliphatic rings. The zero-order valence-electron chi connectivity index (χ0n) is 16.9. The van der Waals surface area contributed by atoms with E-state index in [0.29, 0.717) is 18.0 Å². The third-order valence-corrected chi connectivity index (χ3v) is 4.50. The maximum atomic E-state index is 11.1. The van der Waals surface area contributed by atoms with E-state index in [1.165, 1.54) is 11.1 Å². The number of nitrogens with zero attached hydrogens (tertiary/aromatic N) is 1. The summed E-state index contributed by atoms with van der Waals surface area (Å²) in [6, 6.07) is 16.1. The maximum absolute atomic E-state index is 11.1. The van der Waals surface area contributed by atoms with E-state index in [9.17, 15) is 4.79 Å². The fourth-order valence-electron chi connectivity index (χ4n) is 2.76. The monoisotopic (exact) mass is 494 g/mol. The Bertz CT molecular complexity index is 755. The molecule has 0 aromatic heterocycles. The van der Waals surface area contributed by atoms with Gasteiger partial charge in [-0.05, 0) is 47.6 Å². The second-order valence-corrected chi connectivity index (χ2v) is 6.91. The third-order valence-electron chi connectivity index (χ3n) is 4.50. The molecule has 0 aliphatic carbocycles. The van der Waals surface area contributed by atoms with Crippen molar-refractivity contribution in [1.82, 2.24) is 10.6 Å². The molecule has 0 bridgehead atoms. The molecule has 0 saturated carbocycles. The van der Waals surface area contributed by atoms with Gasteiger partial charge >= 0.3 is 0 Å². The van der Waals surface area contributed by atoms with Gasteiger partial charge in [0.1, 0.15) is 0 Å². The topological polar surface area (TPSA) is 79.5 Å². The van der Waals surface area contributed by atoms with Gasteiger partial charge < -0.3 is 16.4 Å². The SMILES string of the molecule is CN=C(NCCCc1ccc(C(C)C)cc1)NCc1ccc(C(N)=O)cc1.I. The Morgan fingerprint density at radius 2 is 1.61 bits per heavy atom. The number of nitrogens with two attached hydrogens (primary N) is 1. The Morgan fingerprint density at radius 1 is 1.00 bits per heavy atom. The Labute approximate surface area is 185 Å². The first-order valence-corrected chi connectivity index (χ1v) is 9.41. The van der Waals surface area contributed by atoms with Gasteiger partial charge in [-0.15, -0.1) is 24.0 Å². The fourth-order valence-corrected chi connectivity index (χ4v) is 2.76. The lowest BCUT2D eigenvalue weighted by atomic mass is 10.0. The van der Waals surface area contributed by atoms with Crippen molar-refractivity contribution >= 4 is 35.8 Å². The molecule has 0 radical (unpaired) electrons. The summed E-state index contributed by atoms with van der Waals surface area (Å²) in [5, 5.41) is 6.61. The van der Waals surface area contributed by atoms with Crippen LogP contribution < -0.4 is 16.4 Å². The number of halogens is 1. The second kappa shape index (κ2) is 12.4. The van der Waals surface area contributed by atoms with Crippen molar-refractivity contribution in [3.05, 3.63) is 70.8 Å². The van der Waals surface area contributed by atoms with E-state index in [-0.39, 0.29) is 24.0 Å². The zero-order chi connectivity index (χ0) is 19.6. The standard InChI is InChI=1S/C22H30N4O.HI/c1-16(2)19-10-6-17(7-11-19)5-4-14-25-22(24-3)26-15-18-8-12-20(13-9-18)21(23)27;/h6-13,16H,4-5,14-15H2,1-3H3,(H2,23,27)(H2,24,25,26);1H. The van der Waals surface area contributed by atoms with E-state index in [1.807, 2.05) is 12.1 Å². The number of carbonyl (C=O) groups excluding carboxylic acids is 1. The van der Waals surface area contributed by atoms with Crippen LogP contribution in [-0.2, 0) is 13.0 Å². The summed E-state index contributed by atoms with van der Waals surface area (Å²) in [7, 11) is 1.76. The minimum Gasteiger partial charge on any atom is -0.366 e. The molecule has 0 spiro atoms. The van der Waals surface area contributed by atoms with Crippen molar-refractivity contribution < 1.29 is 4.79 Å². The number of hydrogen-bond donors (Lipinski definition) is 3. The summed E-state index contributed by atoms with van der Waals surface area (Å²) in [5.41, 5.74) is 9.57.